The highest BCUT2D eigenvalue weighted by Gasteiger charge is 2.13. The van der Waals surface area contributed by atoms with Crippen LogP contribution >= 0.6 is 0 Å². The lowest BCUT2D eigenvalue weighted by atomic mass is 10.1. The molecule has 1 aromatic carbocycles. The highest BCUT2D eigenvalue weighted by atomic mass is 16.2. The van der Waals surface area contributed by atoms with Crippen LogP contribution in [0.2, 0.25) is 0 Å². The number of carbonyl (C=O) groups excluding carboxylic acids is 2. The van der Waals surface area contributed by atoms with Crippen LogP contribution in [0.15, 0.2) is 30.6 Å². The number of benzene rings is 1. The van der Waals surface area contributed by atoms with Gasteiger partial charge in [-0.2, -0.15) is 0 Å². The number of rotatable bonds is 6. The zero-order valence-electron chi connectivity index (χ0n) is 15.1. The van der Waals surface area contributed by atoms with E-state index in [2.05, 4.69) is 20.6 Å². The number of urea groups is 1. The van der Waals surface area contributed by atoms with Gasteiger partial charge in [-0.15, -0.1) is 0 Å². The second-order valence-corrected chi connectivity index (χ2v) is 6.50. The third-order valence-corrected chi connectivity index (χ3v) is 3.65. The maximum absolute atomic E-state index is 12.4. The van der Waals surface area contributed by atoms with Crippen LogP contribution in [-0.4, -0.2) is 33.9 Å². The van der Waals surface area contributed by atoms with E-state index in [-0.39, 0.29) is 11.9 Å². The Kier molecular flexibility index (Phi) is 6.16. The number of anilines is 2. The van der Waals surface area contributed by atoms with Crippen molar-refractivity contribution in [2.45, 2.75) is 33.7 Å². The Balaban J connectivity index is 2.01. The van der Waals surface area contributed by atoms with E-state index in [1.807, 2.05) is 32.9 Å². The molecule has 0 aliphatic heterocycles. The second kappa shape index (κ2) is 8.32. The molecule has 1 aromatic heterocycles. The summed E-state index contributed by atoms with van der Waals surface area (Å²) in [6.45, 7) is 6.27. The summed E-state index contributed by atoms with van der Waals surface area (Å²) in [5.41, 5.74) is 2.25. The summed E-state index contributed by atoms with van der Waals surface area (Å²) in [6, 6.07) is 5.22. The first kappa shape index (κ1) is 18.5. The van der Waals surface area contributed by atoms with Crippen molar-refractivity contribution in [2.24, 2.45) is 5.92 Å². The number of hydrogen-bond donors (Lipinski definition) is 3. The van der Waals surface area contributed by atoms with Crippen molar-refractivity contribution in [2.75, 3.05) is 17.7 Å². The molecule has 3 amide bonds. The third-order valence-electron chi connectivity index (χ3n) is 3.65. The Morgan fingerprint density at radius 2 is 2.04 bits per heavy atom. The fourth-order valence-electron chi connectivity index (χ4n) is 2.31. The van der Waals surface area contributed by atoms with Crippen LogP contribution in [0.25, 0.3) is 0 Å². The molecule has 0 saturated heterocycles. The van der Waals surface area contributed by atoms with Gasteiger partial charge in [-0.05, 0) is 30.5 Å². The SMILES string of the molecule is Cc1ccc(NC(=O)CC(C)C)cc1NC(=O)N(C)Cc1ncc[nH]1. The van der Waals surface area contributed by atoms with Crippen LogP contribution in [0, 0.1) is 12.8 Å². The Bertz CT molecular complexity index is 725. The molecular weight excluding hydrogens is 318 g/mol. The molecule has 2 aromatic rings. The predicted molar refractivity (Wildman–Crippen MR) is 98.3 cm³/mol. The van der Waals surface area contributed by atoms with Crippen LogP contribution in [0.5, 0.6) is 0 Å². The average molecular weight is 343 g/mol. The minimum atomic E-state index is -0.245. The van der Waals surface area contributed by atoms with E-state index < -0.39 is 0 Å². The zero-order chi connectivity index (χ0) is 18.4. The fraction of sp³-hybridized carbons (Fsp3) is 0.389. The first-order chi connectivity index (χ1) is 11.8. The van der Waals surface area contributed by atoms with E-state index in [1.165, 1.54) is 4.90 Å². The number of aryl methyl sites for hydroxylation is 1. The smallest absolute Gasteiger partial charge is 0.321 e. The van der Waals surface area contributed by atoms with Crippen molar-refractivity contribution >= 4 is 23.3 Å². The normalized spacial score (nSPS) is 10.6. The molecule has 2 rings (SSSR count). The summed E-state index contributed by atoms with van der Waals surface area (Å²) in [6.07, 6.45) is 3.82. The Morgan fingerprint density at radius 3 is 2.68 bits per heavy atom. The number of nitrogens with zero attached hydrogens (tertiary/aromatic N) is 2. The van der Waals surface area contributed by atoms with Crippen molar-refractivity contribution in [1.82, 2.24) is 14.9 Å². The summed E-state index contributed by atoms with van der Waals surface area (Å²) >= 11 is 0. The van der Waals surface area contributed by atoms with Crippen molar-refractivity contribution in [3.8, 4) is 0 Å². The molecule has 7 nitrogen and oxygen atoms in total. The first-order valence-corrected chi connectivity index (χ1v) is 8.26. The molecule has 3 N–H and O–H groups in total. The van der Waals surface area contributed by atoms with E-state index in [1.54, 1.807) is 25.5 Å². The molecule has 0 fully saturated rings. The lowest BCUT2D eigenvalue weighted by Gasteiger charge is -2.18. The molecule has 0 aliphatic rings. The summed E-state index contributed by atoms with van der Waals surface area (Å²) in [5.74, 6) is 0.968. The van der Waals surface area contributed by atoms with Gasteiger partial charge in [0.15, 0.2) is 0 Å². The monoisotopic (exact) mass is 343 g/mol. The second-order valence-electron chi connectivity index (χ2n) is 6.50. The van der Waals surface area contributed by atoms with Gasteiger partial charge < -0.3 is 20.5 Å². The van der Waals surface area contributed by atoms with Gasteiger partial charge in [-0.25, -0.2) is 9.78 Å². The number of nitrogens with one attached hydrogen (secondary N) is 3. The molecule has 7 heteroatoms. The van der Waals surface area contributed by atoms with E-state index in [0.29, 0.717) is 36.1 Å². The number of H-pyrrole nitrogens is 1. The van der Waals surface area contributed by atoms with Gasteiger partial charge in [-0.1, -0.05) is 19.9 Å². The van der Waals surface area contributed by atoms with Crippen LogP contribution in [0.4, 0.5) is 16.2 Å². The Morgan fingerprint density at radius 1 is 1.28 bits per heavy atom. The van der Waals surface area contributed by atoms with Gasteiger partial charge in [0.25, 0.3) is 0 Å². The van der Waals surface area contributed by atoms with Crippen LogP contribution in [-0.2, 0) is 11.3 Å². The highest BCUT2D eigenvalue weighted by molar-refractivity contribution is 5.94. The van der Waals surface area contributed by atoms with Crippen molar-refractivity contribution in [3.05, 3.63) is 42.0 Å². The molecule has 0 saturated carbocycles. The summed E-state index contributed by atoms with van der Waals surface area (Å²) in [7, 11) is 1.70. The summed E-state index contributed by atoms with van der Waals surface area (Å²) < 4.78 is 0. The summed E-state index contributed by atoms with van der Waals surface area (Å²) in [5, 5.41) is 5.73. The number of hydrogen-bond acceptors (Lipinski definition) is 3. The van der Waals surface area contributed by atoms with E-state index in [9.17, 15) is 9.59 Å². The Hall–Kier alpha value is -2.83. The van der Waals surface area contributed by atoms with Crippen LogP contribution < -0.4 is 10.6 Å². The third kappa shape index (κ3) is 5.63. The lowest BCUT2D eigenvalue weighted by Crippen LogP contribution is -2.31. The lowest BCUT2D eigenvalue weighted by molar-refractivity contribution is -0.116. The van der Waals surface area contributed by atoms with Gasteiger partial charge in [-0.3, -0.25) is 4.79 Å². The van der Waals surface area contributed by atoms with E-state index in [0.717, 1.165) is 5.56 Å². The van der Waals surface area contributed by atoms with Gasteiger partial charge in [0.1, 0.15) is 5.82 Å². The quantitative estimate of drug-likeness (QED) is 0.751. The van der Waals surface area contributed by atoms with Gasteiger partial charge >= 0.3 is 6.03 Å². The highest BCUT2D eigenvalue weighted by Crippen LogP contribution is 2.21. The van der Waals surface area contributed by atoms with E-state index >= 15 is 0 Å². The minimum absolute atomic E-state index is 0.0360. The fourth-order valence-corrected chi connectivity index (χ4v) is 2.31. The molecular formula is C18H25N5O2. The number of imidazole rings is 1. The molecule has 0 aliphatic carbocycles. The number of amides is 3. The molecule has 0 radical (unpaired) electrons. The Labute approximate surface area is 147 Å². The van der Waals surface area contributed by atoms with Crippen molar-refractivity contribution < 1.29 is 9.59 Å². The van der Waals surface area contributed by atoms with Gasteiger partial charge in [0.2, 0.25) is 5.91 Å². The maximum Gasteiger partial charge on any atom is 0.321 e. The van der Waals surface area contributed by atoms with Gasteiger partial charge in [0.05, 0.1) is 6.54 Å². The van der Waals surface area contributed by atoms with Crippen molar-refractivity contribution in [3.63, 3.8) is 0 Å². The number of carbonyl (C=O) groups is 2. The topological polar surface area (TPSA) is 90.1 Å². The van der Waals surface area contributed by atoms with Crippen LogP contribution in [0.1, 0.15) is 31.7 Å². The standard InChI is InChI=1S/C18H25N5O2/c1-12(2)9-17(24)21-14-6-5-13(3)15(10-14)22-18(25)23(4)11-16-19-7-8-20-16/h5-8,10,12H,9,11H2,1-4H3,(H,19,20)(H,21,24)(H,22,25). The summed E-state index contributed by atoms with van der Waals surface area (Å²) in [4.78, 5) is 32.9. The molecule has 134 valence electrons. The van der Waals surface area contributed by atoms with E-state index in [4.69, 9.17) is 0 Å². The van der Waals surface area contributed by atoms with Gasteiger partial charge in [0, 0.05) is 37.2 Å². The molecule has 0 bridgehead atoms. The zero-order valence-corrected chi connectivity index (χ0v) is 15.1. The minimum Gasteiger partial charge on any atom is -0.347 e. The first-order valence-electron chi connectivity index (χ1n) is 8.26. The number of aromatic amines is 1. The average Bonchev–Trinajstić information content (AvgIpc) is 3.02. The molecule has 25 heavy (non-hydrogen) atoms. The molecule has 1 heterocycles. The van der Waals surface area contributed by atoms with Crippen LogP contribution in [0.3, 0.4) is 0 Å². The maximum atomic E-state index is 12.4. The number of aromatic nitrogens is 2. The predicted octanol–water partition coefficient (Wildman–Crippen LogP) is 3.37. The largest absolute Gasteiger partial charge is 0.347 e. The molecule has 0 spiro atoms. The van der Waals surface area contributed by atoms with Crippen molar-refractivity contribution in [1.29, 1.82) is 0 Å². The molecule has 0 unspecified atom stereocenters. The molecule has 0 atom stereocenters.